The molecule has 0 aliphatic rings. The van der Waals surface area contributed by atoms with Crippen LogP contribution in [0.15, 0.2) is 29.1 Å². The SMILES string of the molecule is O=[N+]([O-])/C=C/c1cncc(Br)c1. The summed E-state index contributed by atoms with van der Waals surface area (Å²) < 4.78 is 0.799. The molecule has 0 atom stereocenters. The number of rotatable bonds is 2. The normalized spacial score (nSPS) is 10.4. The van der Waals surface area contributed by atoms with Crippen LogP contribution in [0.3, 0.4) is 0 Å². The molecule has 0 radical (unpaired) electrons. The van der Waals surface area contributed by atoms with Crippen molar-refractivity contribution in [3.05, 3.63) is 44.8 Å². The topological polar surface area (TPSA) is 56.0 Å². The number of hydrogen-bond acceptors (Lipinski definition) is 3. The molecular weight excluding hydrogens is 224 g/mol. The van der Waals surface area contributed by atoms with Crippen molar-refractivity contribution in [3.8, 4) is 0 Å². The van der Waals surface area contributed by atoms with Crippen molar-refractivity contribution in [2.45, 2.75) is 0 Å². The van der Waals surface area contributed by atoms with Gasteiger partial charge in [-0.15, -0.1) is 0 Å². The Labute approximate surface area is 77.2 Å². The first-order valence-electron chi connectivity index (χ1n) is 3.11. The van der Waals surface area contributed by atoms with E-state index >= 15 is 0 Å². The minimum atomic E-state index is -0.513. The van der Waals surface area contributed by atoms with Gasteiger partial charge < -0.3 is 0 Å². The lowest BCUT2D eigenvalue weighted by atomic mass is 10.3. The molecule has 1 heterocycles. The Kier molecular flexibility index (Phi) is 2.93. The van der Waals surface area contributed by atoms with Gasteiger partial charge in [0.05, 0.1) is 4.92 Å². The first kappa shape index (κ1) is 8.86. The second-order valence-electron chi connectivity index (χ2n) is 2.04. The third kappa shape index (κ3) is 2.79. The summed E-state index contributed by atoms with van der Waals surface area (Å²) in [5.41, 5.74) is 0.695. The van der Waals surface area contributed by atoms with E-state index in [-0.39, 0.29) is 0 Å². The van der Waals surface area contributed by atoms with E-state index in [1.54, 1.807) is 18.5 Å². The third-order valence-electron chi connectivity index (χ3n) is 1.11. The van der Waals surface area contributed by atoms with Crippen LogP contribution in [-0.4, -0.2) is 9.91 Å². The lowest BCUT2D eigenvalue weighted by molar-refractivity contribution is -0.400. The summed E-state index contributed by atoms with van der Waals surface area (Å²) in [6.45, 7) is 0. The maximum Gasteiger partial charge on any atom is 0.235 e. The number of halogens is 1. The molecule has 62 valence electrons. The quantitative estimate of drug-likeness (QED) is 0.576. The molecule has 1 rings (SSSR count). The Balaban J connectivity index is 2.83. The lowest BCUT2D eigenvalue weighted by Crippen LogP contribution is -1.83. The summed E-state index contributed by atoms with van der Waals surface area (Å²) in [6.07, 6.45) is 5.43. The highest BCUT2D eigenvalue weighted by Crippen LogP contribution is 2.10. The van der Waals surface area contributed by atoms with Gasteiger partial charge in [-0.1, -0.05) is 0 Å². The van der Waals surface area contributed by atoms with E-state index in [1.807, 2.05) is 0 Å². The van der Waals surface area contributed by atoms with Gasteiger partial charge in [-0.2, -0.15) is 0 Å². The second-order valence-corrected chi connectivity index (χ2v) is 2.95. The standard InChI is InChI=1S/C7H5BrN2O2/c8-7-3-6(4-9-5-7)1-2-10(11)12/h1-5H/b2-1+. The summed E-state index contributed by atoms with van der Waals surface area (Å²) in [6, 6.07) is 1.74. The van der Waals surface area contributed by atoms with Gasteiger partial charge in [0.1, 0.15) is 0 Å². The van der Waals surface area contributed by atoms with Crippen molar-refractivity contribution in [1.29, 1.82) is 0 Å². The van der Waals surface area contributed by atoms with E-state index in [9.17, 15) is 10.1 Å². The average Bonchev–Trinajstić information content (AvgIpc) is 2.01. The molecular formula is C7H5BrN2O2. The van der Waals surface area contributed by atoms with Crippen molar-refractivity contribution >= 4 is 22.0 Å². The minimum Gasteiger partial charge on any atom is -0.263 e. The molecule has 0 aromatic carbocycles. The fourth-order valence-corrected chi connectivity index (χ4v) is 1.05. The minimum absolute atomic E-state index is 0.513. The number of hydrogen-bond donors (Lipinski definition) is 0. The van der Waals surface area contributed by atoms with E-state index in [0.717, 1.165) is 10.7 Å². The van der Waals surface area contributed by atoms with Crippen LogP contribution in [0.4, 0.5) is 0 Å². The van der Waals surface area contributed by atoms with Crippen LogP contribution in [0, 0.1) is 10.1 Å². The van der Waals surface area contributed by atoms with Crippen LogP contribution in [0.1, 0.15) is 5.56 Å². The Morgan fingerprint density at radius 1 is 1.58 bits per heavy atom. The summed E-state index contributed by atoms with van der Waals surface area (Å²) >= 11 is 3.20. The van der Waals surface area contributed by atoms with Crippen LogP contribution in [-0.2, 0) is 0 Å². The number of nitrogens with zero attached hydrogens (tertiary/aromatic N) is 2. The zero-order chi connectivity index (χ0) is 8.97. The molecule has 0 saturated carbocycles. The zero-order valence-electron chi connectivity index (χ0n) is 5.98. The zero-order valence-corrected chi connectivity index (χ0v) is 7.56. The molecule has 1 aromatic heterocycles. The highest BCUT2D eigenvalue weighted by atomic mass is 79.9. The van der Waals surface area contributed by atoms with Crippen molar-refractivity contribution in [3.63, 3.8) is 0 Å². The van der Waals surface area contributed by atoms with Crippen molar-refractivity contribution in [2.75, 3.05) is 0 Å². The van der Waals surface area contributed by atoms with Crippen LogP contribution in [0.2, 0.25) is 0 Å². The molecule has 0 N–H and O–H groups in total. The summed E-state index contributed by atoms with van der Waals surface area (Å²) in [7, 11) is 0. The predicted octanol–water partition coefficient (Wildman–Crippen LogP) is 2.09. The molecule has 0 unspecified atom stereocenters. The smallest absolute Gasteiger partial charge is 0.235 e. The van der Waals surface area contributed by atoms with Crippen molar-refractivity contribution in [2.24, 2.45) is 0 Å². The van der Waals surface area contributed by atoms with Crippen LogP contribution < -0.4 is 0 Å². The molecule has 0 aliphatic carbocycles. The molecule has 12 heavy (non-hydrogen) atoms. The highest BCUT2D eigenvalue weighted by molar-refractivity contribution is 9.10. The molecule has 0 saturated heterocycles. The third-order valence-corrected chi connectivity index (χ3v) is 1.55. The summed E-state index contributed by atoms with van der Waals surface area (Å²) in [5, 5.41) is 9.94. The van der Waals surface area contributed by atoms with Gasteiger partial charge in [-0.05, 0) is 22.0 Å². The van der Waals surface area contributed by atoms with E-state index in [2.05, 4.69) is 20.9 Å². The van der Waals surface area contributed by atoms with Gasteiger partial charge in [0.2, 0.25) is 6.20 Å². The van der Waals surface area contributed by atoms with Gasteiger partial charge in [0, 0.05) is 28.5 Å². The fourth-order valence-electron chi connectivity index (χ4n) is 0.666. The fraction of sp³-hybridized carbons (Fsp3) is 0. The van der Waals surface area contributed by atoms with E-state index in [1.165, 1.54) is 6.08 Å². The monoisotopic (exact) mass is 228 g/mol. The van der Waals surface area contributed by atoms with Gasteiger partial charge in [-0.25, -0.2) is 0 Å². The maximum atomic E-state index is 9.94. The van der Waals surface area contributed by atoms with Crippen LogP contribution in [0.5, 0.6) is 0 Å². The van der Waals surface area contributed by atoms with E-state index in [4.69, 9.17) is 0 Å². The van der Waals surface area contributed by atoms with Gasteiger partial charge in [0.15, 0.2) is 0 Å². The lowest BCUT2D eigenvalue weighted by Gasteiger charge is -1.90. The molecule has 0 aliphatic heterocycles. The maximum absolute atomic E-state index is 9.94. The first-order valence-corrected chi connectivity index (χ1v) is 3.90. The summed E-state index contributed by atoms with van der Waals surface area (Å²) in [5.74, 6) is 0. The number of aromatic nitrogens is 1. The van der Waals surface area contributed by atoms with E-state index < -0.39 is 4.92 Å². The van der Waals surface area contributed by atoms with Gasteiger partial charge in [-0.3, -0.25) is 15.1 Å². The molecule has 4 nitrogen and oxygen atoms in total. The Hall–Kier alpha value is -1.23. The van der Waals surface area contributed by atoms with Crippen LogP contribution in [0.25, 0.3) is 6.08 Å². The second kappa shape index (κ2) is 3.96. The number of pyridine rings is 1. The predicted molar refractivity (Wildman–Crippen MR) is 48.0 cm³/mol. The van der Waals surface area contributed by atoms with Crippen molar-refractivity contribution < 1.29 is 4.92 Å². The van der Waals surface area contributed by atoms with E-state index in [0.29, 0.717) is 5.56 Å². The molecule has 1 aromatic rings. The van der Waals surface area contributed by atoms with Crippen molar-refractivity contribution in [1.82, 2.24) is 4.98 Å². The highest BCUT2D eigenvalue weighted by Gasteiger charge is 1.91. The van der Waals surface area contributed by atoms with Gasteiger partial charge >= 0.3 is 0 Å². The van der Waals surface area contributed by atoms with Gasteiger partial charge in [0.25, 0.3) is 0 Å². The molecule has 5 heteroatoms. The molecule has 0 spiro atoms. The first-order chi connectivity index (χ1) is 5.68. The molecule has 0 bridgehead atoms. The molecule has 0 fully saturated rings. The Bertz CT molecular complexity index is 325. The Morgan fingerprint density at radius 2 is 2.33 bits per heavy atom. The van der Waals surface area contributed by atoms with Crippen LogP contribution >= 0.6 is 15.9 Å². The Morgan fingerprint density at radius 3 is 2.92 bits per heavy atom. The number of nitro groups is 1. The molecule has 0 amide bonds. The summed E-state index contributed by atoms with van der Waals surface area (Å²) in [4.78, 5) is 13.3. The average molecular weight is 229 g/mol. The largest absolute Gasteiger partial charge is 0.263 e.